The summed E-state index contributed by atoms with van der Waals surface area (Å²) < 4.78 is 31.0. The minimum atomic E-state index is -2.88. The van der Waals surface area contributed by atoms with Gasteiger partial charge in [0.15, 0.2) is 6.61 Å². The van der Waals surface area contributed by atoms with E-state index in [1.807, 2.05) is 19.1 Å². The minimum Gasteiger partial charge on any atom is -0.471 e. The summed E-state index contributed by atoms with van der Waals surface area (Å²) in [6, 6.07) is 4.03. The first-order valence-electron chi connectivity index (χ1n) is 8.08. The molecule has 7 heteroatoms. The molecule has 0 aliphatic carbocycles. The Morgan fingerprint density at radius 2 is 2.12 bits per heavy atom. The lowest BCUT2D eigenvalue weighted by Gasteiger charge is -2.24. The molecule has 3 heterocycles. The van der Waals surface area contributed by atoms with Crippen LogP contribution in [-0.4, -0.2) is 27.4 Å². The van der Waals surface area contributed by atoms with E-state index >= 15 is 0 Å². The standard InChI is InChI=1S/C18H20ClF2N3O/c1-11-6-14(7-23-17(11)25-10-18(3,20)21)12(2)24-8-13-4-5-22-16(19)15(13)9-24/h4-7,12H,8-10H2,1-3H3. The lowest BCUT2D eigenvalue weighted by molar-refractivity contribution is -0.0244. The highest BCUT2D eigenvalue weighted by Gasteiger charge is 2.27. The van der Waals surface area contributed by atoms with Crippen LogP contribution in [0.2, 0.25) is 5.15 Å². The van der Waals surface area contributed by atoms with Crippen molar-refractivity contribution in [2.45, 2.75) is 45.8 Å². The van der Waals surface area contributed by atoms with Crippen LogP contribution in [0.3, 0.4) is 0 Å². The van der Waals surface area contributed by atoms with Crippen molar-refractivity contribution in [1.82, 2.24) is 14.9 Å². The van der Waals surface area contributed by atoms with Crippen molar-refractivity contribution >= 4 is 11.6 Å². The van der Waals surface area contributed by atoms with Gasteiger partial charge in [0, 0.05) is 49.6 Å². The third-order valence-corrected chi connectivity index (χ3v) is 4.70. The Bertz CT molecular complexity index is 779. The van der Waals surface area contributed by atoms with Gasteiger partial charge in [0.1, 0.15) is 5.15 Å². The molecule has 2 aromatic rings. The van der Waals surface area contributed by atoms with Crippen molar-refractivity contribution in [3.05, 3.63) is 51.9 Å². The SMILES string of the molecule is Cc1cc(C(C)N2Cc3ccnc(Cl)c3C2)cnc1OCC(C)(F)F. The Balaban J connectivity index is 1.72. The number of pyridine rings is 2. The van der Waals surface area contributed by atoms with Crippen LogP contribution in [0.25, 0.3) is 0 Å². The van der Waals surface area contributed by atoms with Crippen LogP contribution in [0.15, 0.2) is 24.5 Å². The fourth-order valence-corrected chi connectivity index (χ4v) is 3.18. The van der Waals surface area contributed by atoms with Crippen molar-refractivity contribution in [2.24, 2.45) is 0 Å². The molecule has 1 aliphatic heterocycles. The topological polar surface area (TPSA) is 38.2 Å². The van der Waals surface area contributed by atoms with Crippen LogP contribution in [0.4, 0.5) is 8.78 Å². The van der Waals surface area contributed by atoms with Gasteiger partial charge >= 0.3 is 0 Å². The molecule has 4 nitrogen and oxygen atoms in total. The van der Waals surface area contributed by atoms with Crippen molar-refractivity contribution in [3.63, 3.8) is 0 Å². The number of nitrogens with zero attached hydrogens (tertiary/aromatic N) is 3. The lowest BCUT2D eigenvalue weighted by Crippen LogP contribution is -2.22. The van der Waals surface area contributed by atoms with Crippen LogP contribution >= 0.6 is 11.6 Å². The third-order valence-electron chi connectivity index (χ3n) is 4.38. The van der Waals surface area contributed by atoms with Gasteiger partial charge in [-0.05, 0) is 37.1 Å². The highest BCUT2D eigenvalue weighted by Crippen LogP contribution is 2.34. The van der Waals surface area contributed by atoms with Crippen LogP contribution < -0.4 is 4.74 Å². The molecule has 2 aromatic heterocycles. The van der Waals surface area contributed by atoms with E-state index in [1.165, 1.54) is 5.56 Å². The van der Waals surface area contributed by atoms with Gasteiger partial charge in [0.2, 0.25) is 5.88 Å². The Morgan fingerprint density at radius 3 is 2.76 bits per heavy atom. The summed E-state index contributed by atoms with van der Waals surface area (Å²) in [5.41, 5.74) is 3.99. The fourth-order valence-electron chi connectivity index (χ4n) is 2.94. The molecule has 0 bridgehead atoms. The van der Waals surface area contributed by atoms with E-state index in [0.717, 1.165) is 36.7 Å². The van der Waals surface area contributed by atoms with Crippen molar-refractivity contribution in [2.75, 3.05) is 6.61 Å². The molecule has 0 N–H and O–H groups in total. The number of ether oxygens (including phenoxy) is 1. The molecule has 0 radical (unpaired) electrons. The molecule has 0 amide bonds. The number of rotatable bonds is 5. The second-order valence-electron chi connectivity index (χ2n) is 6.57. The van der Waals surface area contributed by atoms with E-state index < -0.39 is 12.5 Å². The zero-order valence-electron chi connectivity index (χ0n) is 14.4. The van der Waals surface area contributed by atoms with E-state index in [0.29, 0.717) is 5.15 Å². The first-order chi connectivity index (χ1) is 11.7. The summed E-state index contributed by atoms with van der Waals surface area (Å²) in [7, 11) is 0. The highest BCUT2D eigenvalue weighted by molar-refractivity contribution is 6.30. The quantitative estimate of drug-likeness (QED) is 0.727. The number of fused-ring (bicyclic) bond motifs is 1. The van der Waals surface area contributed by atoms with Crippen LogP contribution in [0, 0.1) is 6.92 Å². The normalized spacial score (nSPS) is 15.9. The van der Waals surface area contributed by atoms with Gasteiger partial charge < -0.3 is 4.74 Å². The van der Waals surface area contributed by atoms with Gasteiger partial charge in [0.25, 0.3) is 5.92 Å². The molecular weight excluding hydrogens is 348 g/mol. The summed E-state index contributed by atoms with van der Waals surface area (Å²) in [6.45, 7) is 5.56. The first-order valence-corrected chi connectivity index (χ1v) is 8.46. The summed E-state index contributed by atoms with van der Waals surface area (Å²) in [6.07, 6.45) is 3.40. The molecule has 0 fully saturated rings. The molecule has 0 saturated carbocycles. The number of aryl methyl sites for hydroxylation is 1. The number of halogens is 3. The summed E-state index contributed by atoms with van der Waals surface area (Å²) in [5, 5.41) is 0.547. The van der Waals surface area contributed by atoms with Gasteiger partial charge in [0.05, 0.1) is 0 Å². The molecular formula is C18H20ClF2N3O. The van der Waals surface area contributed by atoms with Gasteiger partial charge in [-0.15, -0.1) is 0 Å². The summed E-state index contributed by atoms with van der Waals surface area (Å²) in [5.74, 6) is -2.64. The fraction of sp³-hybridized carbons (Fsp3) is 0.444. The van der Waals surface area contributed by atoms with E-state index in [9.17, 15) is 8.78 Å². The molecule has 0 saturated heterocycles. The van der Waals surface area contributed by atoms with Gasteiger partial charge in [-0.3, -0.25) is 4.90 Å². The monoisotopic (exact) mass is 367 g/mol. The number of hydrogen-bond acceptors (Lipinski definition) is 4. The summed E-state index contributed by atoms with van der Waals surface area (Å²) in [4.78, 5) is 10.6. The van der Waals surface area contributed by atoms with E-state index in [-0.39, 0.29) is 11.9 Å². The van der Waals surface area contributed by atoms with E-state index in [1.54, 1.807) is 12.4 Å². The Morgan fingerprint density at radius 1 is 1.36 bits per heavy atom. The van der Waals surface area contributed by atoms with E-state index in [2.05, 4.69) is 21.8 Å². The second kappa shape index (κ2) is 6.84. The molecule has 3 rings (SSSR count). The molecule has 134 valence electrons. The average Bonchev–Trinajstić information content (AvgIpc) is 2.97. The minimum absolute atomic E-state index is 0.108. The Hall–Kier alpha value is -1.79. The maximum Gasteiger partial charge on any atom is 0.278 e. The van der Waals surface area contributed by atoms with Crippen LogP contribution in [-0.2, 0) is 13.1 Å². The van der Waals surface area contributed by atoms with Crippen molar-refractivity contribution in [3.8, 4) is 5.88 Å². The van der Waals surface area contributed by atoms with Gasteiger partial charge in [-0.25, -0.2) is 18.7 Å². The Kier molecular flexibility index (Phi) is 4.93. The van der Waals surface area contributed by atoms with Crippen LogP contribution in [0.5, 0.6) is 5.88 Å². The first kappa shape index (κ1) is 18.0. The number of aromatic nitrogens is 2. The van der Waals surface area contributed by atoms with Crippen molar-refractivity contribution in [1.29, 1.82) is 0 Å². The predicted molar refractivity (Wildman–Crippen MR) is 92.0 cm³/mol. The smallest absolute Gasteiger partial charge is 0.278 e. The molecule has 1 aliphatic rings. The average molecular weight is 368 g/mol. The maximum atomic E-state index is 12.9. The molecule has 1 unspecified atom stereocenters. The summed E-state index contributed by atoms with van der Waals surface area (Å²) >= 11 is 6.18. The molecule has 0 spiro atoms. The zero-order chi connectivity index (χ0) is 18.2. The van der Waals surface area contributed by atoms with E-state index in [4.69, 9.17) is 16.3 Å². The molecule has 0 aromatic carbocycles. The maximum absolute atomic E-state index is 12.9. The third kappa shape index (κ3) is 4.07. The number of hydrogen-bond donors (Lipinski definition) is 0. The zero-order valence-corrected chi connectivity index (χ0v) is 15.1. The number of alkyl halides is 2. The molecule has 25 heavy (non-hydrogen) atoms. The second-order valence-corrected chi connectivity index (χ2v) is 6.93. The largest absolute Gasteiger partial charge is 0.471 e. The Labute approximate surface area is 150 Å². The predicted octanol–water partition coefficient (Wildman–Crippen LogP) is 4.55. The highest BCUT2D eigenvalue weighted by atomic mass is 35.5. The van der Waals surface area contributed by atoms with Gasteiger partial charge in [-0.1, -0.05) is 11.6 Å². The lowest BCUT2D eigenvalue weighted by atomic mass is 10.1. The van der Waals surface area contributed by atoms with Crippen molar-refractivity contribution < 1.29 is 13.5 Å². The van der Waals surface area contributed by atoms with Gasteiger partial charge in [-0.2, -0.15) is 0 Å². The molecule has 1 atom stereocenters. The van der Waals surface area contributed by atoms with Crippen LogP contribution in [0.1, 0.15) is 42.1 Å².